The predicted octanol–water partition coefficient (Wildman–Crippen LogP) is 5.75. The van der Waals surface area contributed by atoms with E-state index in [0.29, 0.717) is 32.6 Å². The summed E-state index contributed by atoms with van der Waals surface area (Å²) in [5.74, 6) is -0.911. The zero-order valence-electron chi connectivity index (χ0n) is 16.1. The van der Waals surface area contributed by atoms with Crippen LogP contribution < -0.4 is 9.64 Å². The third-order valence-corrected chi connectivity index (χ3v) is 5.20. The molecule has 3 rings (SSSR count). The van der Waals surface area contributed by atoms with Crippen molar-refractivity contribution in [2.75, 3.05) is 4.90 Å². The van der Waals surface area contributed by atoms with Crippen LogP contribution in [0.15, 0.2) is 72.8 Å². The Morgan fingerprint density at radius 3 is 2.07 bits per heavy atom. The molecule has 1 amide bonds. The largest absolute Gasteiger partial charge is 0.478 e. The molecule has 1 unspecified atom stereocenters. The molecule has 0 heterocycles. The van der Waals surface area contributed by atoms with Gasteiger partial charge in [-0.15, -0.1) is 0 Å². The monoisotopic (exact) mass is 443 g/mol. The summed E-state index contributed by atoms with van der Waals surface area (Å²) >= 11 is 12.5. The summed E-state index contributed by atoms with van der Waals surface area (Å²) in [5.41, 5.74) is 1.79. The Hall–Kier alpha value is -3.02. The molecule has 30 heavy (non-hydrogen) atoms. The maximum Gasteiger partial charge on any atom is 0.349 e. The SMILES string of the molecule is CC(=O)N(Cc1c(Cl)cccc1Cl)c1ccc(OC(C(=O)O)c2ccccc2)cc1. The van der Waals surface area contributed by atoms with E-state index in [1.54, 1.807) is 72.8 Å². The number of carbonyl (C=O) groups excluding carboxylic acids is 1. The molecule has 0 aliphatic carbocycles. The van der Waals surface area contributed by atoms with Gasteiger partial charge < -0.3 is 14.7 Å². The summed E-state index contributed by atoms with van der Waals surface area (Å²) < 4.78 is 5.67. The number of carboxylic acid groups (broad SMARTS) is 1. The van der Waals surface area contributed by atoms with E-state index in [9.17, 15) is 14.7 Å². The van der Waals surface area contributed by atoms with E-state index in [4.69, 9.17) is 27.9 Å². The molecule has 0 radical (unpaired) electrons. The van der Waals surface area contributed by atoms with Gasteiger partial charge in [0.25, 0.3) is 0 Å². The first-order chi connectivity index (χ1) is 14.4. The average molecular weight is 444 g/mol. The van der Waals surface area contributed by atoms with Crippen molar-refractivity contribution in [1.29, 1.82) is 0 Å². The van der Waals surface area contributed by atoms with Gasteiger partial charge in [-0.3, -0.25) is 4.79 Å². The van der Waals surface area contributed by atoms with Crippen LogP contribution in [0.4, 0.5) is 5.69 Å². The van der Waals surface area contributed by atoms with Crippen molar-refractivity contribution in [3.05, 3.63) is 94.0 Å². The van der Waals surface area contributed by atoms with E-state index in [0.717, 1.165) is 0 Å². The van der Waals surface area contributed by atoms with Gasteiger partial charge in [0.2, 0.25) is 12.0 Å². The molecule has 0 aliphatic rings. The molecule has 7 heteroatoms. The molecule has 0 aliphatic heterocycles. The molecule has 1 N–H and O–H groups in total. The Balaban J connectivity index is 1.82. The minimum absolute atomic E-state index is 0.188. The smallest absolute Gasteiger partial charge is 0.349 e. The Labute approximate surface area is 184 Å². The van der Waals surface area contributed by atoms with Crippen LogP contribution in [0, 0.1) is 0 Å². The topological polar surface area (TPSA) is 66.8 Å². The van der Waals surface area contributed by atoms with Crippen molar-refractivity contribution in [2.24, 2.45) is 0 Å². The lowest BCUT2D eigenvalue weighted by Gasteiger charge is -2.23. The van der Waals surface area contributed by atoms with Gasteiger partial charge in [-0.05, 0) is 36.4 Å². The maximum absolute atomic E-state index is 12.2. The second kappa shape index (κ2) is 9.65. The Kier molecular flexibility index (Phi) is 6.98. The molecule has 0 saturated heterocycles. The van der Waals surface area contributed by atoms with E-state index < -0.39 is 12.1 Å². The number of rotatable bonds is 7. The molecule has 154 valence electrons. The van der Waals surface area contributed by atoms with Gasteiger partial charge in [0.15, 0.2) is 0 Å². The second-order valence-corrected chi connectivity index (χ2v) is 7.36. The summed E-state index contributed by atoms with van der Waals surface area (Å²) in [6.07, 6.45) is -1.14. The number of aliphatic carboxylic acids is 1. The van der Waals surface area contributed by atoms with E-state index in [1.165, 1.54) is 11.8 Å². The normalized spacial score (nSPS) is 11.6. The standard InChI is InChI=1S/C23H19Cl2NO4/c1-15(27)26(14-19-20(24)8-5-9-21(19)25)17-10-12-18(13-11-17)30-22(23(28)29)16-6-3-2-4-7-16/h2-13,22H,14H2,1H3,(H,28,29). The second-order valence-electron chi connectivity index (χ2n) is 6.55. The highest BCUT2D eigenvalue weighted by Gasteiger charge is 2.22. The van der Waals surface area contributed by atoms with Crippen LogP contribution in [0.3, 0.4) is 0 Å². The van der Waals surface area contributed by atoms with E-state index in [-0.39, 0.29) is 12.5 Å². The molecule has 1 atom stereocenters. The third-order valence-electron chi connectivity index (χ3n) is 4.49. The first-order valence-corrected chi connectivity index (χ1v) is 9.88. The Morgan fingerprint density at radius 1 is 0.933 bits per heavy atom. The van der Waals surface area contributed by atoms with Gasteiger partial charge in [0, 0.05) is 33.8 Å². The number of benzene rings is 3. The lowest BCUT2D eigenvalue weighted by molar-refractivity contribution is -0.145. The predicted molar refractivity (Wildman–Crippen MR) is 117 cm³/mol. The molecule has 0 fully saturated rings. The molecule has 0 aromatic heterocycles. The third kappa shape index (κ3) is 5.12. The first-order valence-electron chi connectivity index (χ1n) is 9.12. The van der Waals surface area contributed by atoms with Gasteiger partial charge in [0.1, 0.15) is 5.75 Å². The number of ether oxygens (including phenoxy) is 1. The molecule has 0 bridgehead atoms. The number of nitrogens with zero attached hydrogens (tertiary/aromatic N) is 1. The van der Waals surface area contributed by atoms with E-state index >= 15 is 0 Å². The van der Waals surface area contributed by atoms with Crippen LogP contribution in [-0.2, 0) is 16.1 Å². The van der Waals surface area contributed by atoms with Crippen LogP contribution in [0.25, 0.3) is 0 Å². The summed E-state index contributed by atoms with van der Waals surface area (Å²) in [6, 6.07) is 20.5. The molecule has 0 spiro atoms. The van der Waals surface area contributed by atoms with Crippen LogP contribution >= 0.6 is 23.2 Å². The van der Waals surface area contributed by atoms with Crippen LogP contribution in [-0.4, -0.2) is 17.0 Å². The number of amides is 1. The average Bonchev–Trinajstić information content (AvgIpc) is 2.72. The van der Waals surface area contributed by atoms with Crippen molar-refractivity contribution >= 4 is 40.8 Å². The van der Waals surface area contributed by atoms with Gasteiger partial charge >= 0.3 is 5.97 Å². The molecular formula is C23H19Cl2NO4. The number of anilines is 1. The molecule has 3 aromatic carbocycles. The number of halogens is 2. The van der Waals surface area contributed by atoms with Crippen molar-refractivity contribution in [2.45, 2.75) is 19.6 Å². The first kappa shape index (κ1) is 21.7. The van der Waals surface area contributed by atoms with Gasteiger partial charge in [0.05, 0.1) is 6.54 Å². The molecular weight excluding hydrogens is 425 g/mol. The zero-order valence-corrected chi connectivity index (χ0v) is 17.6. The minimum Gasteiger partial charge on any atom is -0.478 e. The lowest BCUT2D eigenvalue weighted by Crippen LogP contribution is -2.28. The van der Waals surface area contributed by atoms with Gasteiger partial charge in [-0.1, -0.05) is 59.6 Å². The summed E-state index contributed by atoms with van der Waals surface area (Å²) in [4.78, 5) is 25.4. The minimum atomic E-state index is -1.14. The molecule has 0 saturated carbocycles. The van der Waals surface area contributed by atoms with E-state index in [2.05, 4.69) is 0 Å². The lowest BCUT2D eigenvalue weighted by atomic mass is 10.1. The Bertz CT molecular complexity index is 1020. The summed E-state index contributed by atoms with van der Waals surface area (Å²) in [7, 11) is 0. The van der Waals surface area contributed by atoms with Crippen LogP contribution in [0.5, 0.6) is 5.75 Å². The van der Waals surface area contributed by atoms with Crippen LogP contribution in [0.2, 0.25) is 10.0 Å². The highest BCUT2D eigenvalue weighted by atomic mass is 35.5. The van der Waals surface area contributed by atoms with Crippen molar-refractivity contribution in [3.63, 3.8) is 0 Å². The number of carbonyl (C=O) groups is 2. The number of hydrogen-bond acceptors (Lipinski definition) is 3. The van der Waals surface area contributed by atoms with Crippen molar-refractivity contribution in [3.8, 4) is 5.75 Å². The van der Waals surface area contributed by atoms with Gasteiger partial charge in [-0.2, -0.15) is 0 Å². The van der Waals surface area contributed by atoms with Crippen molar-refractivity contribution in [1.82, 2.24) is 0 Å². The number of hydrogen-bond donors (Lipinski definition) is 1. The number of carboxylic acids is 1. The van der Waals surface area contributed by atoms with Crippen molar-refractivity contribution < 1.29 is 19.4 Å². The highest BCUT2D eigenvalue weighted by molar-refractivity contribution is 6.36. The van der Waals surface area contributed by atoms with E-state index in [1.807, 2.05) is 0 Å². The molecule has 3 aromatic rings. The zero-order chi connectivity index (χ0) is 21.7. The van der Waals surface area contributed by atoms with Crippen LogP contribution in [0.1, 0.15) is 24.2 Å². The summed E-state index contributed by atoms with van der Waals surface area (Å²) in [6.45, 7) is 1.65. The Morgan fingerprint density at radius 2 is 1.53 bits per heavy atom. The fourth-order valence-electron chi connectivity index (χ4n) is 2.96. The highest BCUT2D eigenvalue weighted by Crippen LogP contribution is 2.30. The fraction of sp³-hybridized carbons (Fsp3) is 0.130. The summed E-state index contributed by atoms with van der Waals surface area (Å²) in [5, 5.41) is 10.5. The fourth-order valence-corrected chi connectivity index (χ4v) is 3.47. The quantitative estimate of drug-likeness (QED) is 0.504. The maximum atomic E-state index is 12.2. The van der Waals surface area contributed by atoms with Gasteiger partial charge in [-0.25, -0.2) is 4.79 Å². The molecule has 5 nitrogen and oxygen atoms in total.